The molecule has 1 unspecified atom stereocenters. The number of carbonyl (C=O) groups is 2. The fourth-order valence-electron chi connectivity index (χ4n) is 3.48. The van der Waals surface area contributed by atoms with Crippen LogP contribution in [0.15, 0.2) is 17.5 Å². The van der Waals surface area contributed by atoms with E-state index in [0.29, 0.717) is 5.75 Å². The van der Waals surface area contributed by atoms with Gasteiger partial charge in [-0.05, 0) is 40.5 Å². The van der Waals surface area contributed by atoms with Gasteiger partial charge in [0.2, 0.25) is 0 Å². The maximum atomic E-state index is 11.6. The van der Waals surface area contributed by atoms with E-state index >= 15 is 0 Å². The van der Waals surface area contributed by atoms with Crippen LogP contribution in [0, 0.1) is 5.41 Å². The molecule has 0 fully saturated rings. The molecule has 0 aliphatic carbocycles. The van der Waals surface area contributed by atoms with E-state index in [1.165, 1.54) is 16.2 Å². The van der Waals surface area contributed by atoms with Crippen LogP contribution in [0.2, 0.25) is 0 Å². The van der Waals surface area contributed by atoms with Gasteiger partial charge in [0.1, 0.15) is 10.8 Å². The van der Waals surface area contributed by atoms with Crippen LogP contribution in [0.3, 0.4) is 0 Å². The predicted molar refractivity (Wildman–Crippen MR) is 129 cm³/mol. The lowest BCUT2D eigenvalue weighted by Crippen LogP contribution is -2.37. The van der Waals surface area contributed by atoms with Gasteiger partial charge >= 0.3 is 6.09 Å². The van der Waals surface area contributed by atoms with Crippen LogP contribution in [0.5, 0.6) is 5.75 Å². The van der Waals surface area contributed by atoms with Crippen molar-refractivity contribution in [1.29, 1.82) is 0 Å². The number of hydrogen-bond acceptors (Lipinski definition) is 5. The van der Waals surface area contributed by atoms with Crippen LogP contribution in [0.4, 0.5) is 4.79 Å². The van der Waals surface area contributed by atoms with E-state index in [4.69, 9.17) is 14.9 Å². The van der Waals surface area contributed by atoms with Crippen molar-refractivity contribution < 1.29 is 24.9 Å². The van der Waals surface area contributed by atoms with Gasteiger partial charge in [-0.2, -0.15) is 0 Å². The second-order valence-corrected chi connectivity index (χ2v) is 10.5. The summed E-state index contributed by atoms with van der Waals surface area (Å²) in [6, 6.07) is 3.66. The first-order chi connectivity index (χ1) is 14.6. The molecule has 0 saturated heterocycles. The van der Waals surface area contributed by atoms with Gasteiger partial charge in [-0.3, -0.25) is 4.79 Å². The first kappa shape index (κ1) is 27.4. The van der Waals surface area contributed by atoms with Gasteiger partial charge in [0.05, 0.1) is 11.7 Å². The van der Waals surface area contributed by atoms with Gasteiger partial charge in [-0.25, -0.2) is 9.78 Å². The van der Waals surface area contributed by atoms with Crippen LogP contribution < -0.4 is 0 Å². The molecule has 0 saturated carbocycles. The Balaban J connectivity index is 0.00000118. The number of carboxylic acids is 1. The smallest absolute Gasteiger partial charge is 0.407 e. The third kappa shape index (κ3) is 6.95. The Morgan fingerprint density at radius 2 is 1.47 bits per heavy atom. The van der Waals surface area contributed by atoms with Crippen molar-refractivity contribution in [3.05, 3.63) is 33.6 Å². The number of nitrogens with zero attached hydrogens (tertiary/aromatic N) is 2. The molecule has 0 aliphatic heterocycles. The first-order valence-corrected chi connectivity index (χ1v) is 11.4. The number of benzene rings is 1. The fraction of sp³-hybridized carbons (Fsp3) is 0.542. The number of aromatic hydroxyl groups is 1. The Morgan fingerprint density at radius 3 is 1.81 bits per heavy atom. The Kier molecular flexibility index (Phi) is 9.26. The summed E-state index contributed by atoms with van der Waals surface area (Å²) in [5.74, 6) is -0.0885. The summed E-state index contributed by atoms with van der Waals surface area (Å²) in [7, 11) is 1.59. The SMILES string of the molecule is CC(=O)O.CC(C)c1cc(-c2csc(C(N(C)C(=O)O)C(C)(C)C)n2)cc(C(C)C)c1O. The number of hydrogen-bond donors (Lipinski definition) is 3. The van der Waals surface area contributed by atoms with Gasteiger partial charge < -0.3 is 20.2 Å². The van der Waals surface area contributed by atoms with Gasteiger partial charge in [-0.15, -0.1) is 11.3 Å². The highest BCUT2D eigenvalue weighted by Crippen LogP contribution is 2.42. The Bertz CT molecular complexity index is 911. The van der Waals surface area contributed by atoms with Crippen molar-refractivity contribution in [1.82, 2.24) is 9.88 Å². The van der Waals surface area contributed by atoms with Crippen LogP contribution in [0.25, 0.3) is 11.3 Å². The summed E-state index contributed by atoms with van der Waals surface area (Å²) >= 11 is 1.48. The zero-order valence-electron chi connectivity index (χ0n) is 20.4. The maximum Gasteiger partial charge on any atom is 0.407 e. The molecule has 178 valence electrons. The molecule has 1 aromatic carbocycles. The zero-order chi connectivity index (χ0) is 25.0. The quantitative estimate of drug-likeness (QED) is 0.463. The highest BCUT2D eigenvalue weighted by Gasteiger charge is 2.35. The Hall–Kier alpha value is -2.61. The largest absolute Gasteiger partial charge is 0.507 e. The first-order valence-electron chi connectivity index (χ1n) is 10.6. The van der Waals surface area contributed by atoms with Crippen molar-refractivity contribution in [3.63, 3.8) is 0 Å². The normalized spacial score (nSPS) is 12.3. The predicted octanol–water partition coefficient (Wildman–Crippen LogP) is 6.55. The topological polar surface area (TPSA) is 111 Å². The molecule has 0 bridgehead atoms. The number of phenols is 1. The van der Waals surface area contributed by atoms with Crippen LogP contribution in [0.1, 0.15) is 89.4 Å². The molecule has 0 aliphatic rings. The number of aliphatic carboxylic acids is 1. The molecule has 8 heteroatoms. The third-order valence-electron chi connectivity index (χ3n) is 4.97. The number of thiazole rings is 1. The maximum absolute atomic E-state index is 11.6. The summed E-state index contributed by atoms with van der Waals surface area (Å²) in [5.41, 5.74) is 3.30. The van der Waals surface area contributed by atoms with Gasteiger partial charge in [-0.1, -0.05) is 48.5 Å². The summed E-state index contributed by atoms with van der Waals surface area (Å²) in [4.78, 5) is 26.7. The molecular formula is C24H36N2O5S. The van der Waals surface area contributed by atoms with Crippen LogP contribution >= 0.6 is 11.3 Å². The number of phenolic OH excluding ortho intramolecular Hbond substituents is 1. The monoisotopic (exact) mass is 464 g/mol. The molecule has 1 aromatic heterocycles. The fourth-order valence-corrected chi connectivity index (χ4v) is 4.69. The molecule has 0 radical (unpaired) electrons. The van der Waals surface area contributed by atoms with E-state index in [0.717, 1.165) is 34.3 Å². The second-order valence-electron chi connectivity index (χ2n) is 9.56. The lowest BCUT2D eigenvalue weighted by atomic mass is 9.86. The number of rotatable bonds is 5. The van der Waals surface area contributed by atoms with E-state index in [-0.39, 0.29) is 23.3 Å². The summed E-state index contributed by atoms with van der Waals surface area (Å²) in [6.45, 7) is 15.4. The van der Waals surface area contributed by atoms with Crippen molar-refractivity contribution in [2.75, 3.05) is 7.05 Å². The number of carboxylic acid groups (broad SMARTS) is 2. The van der Waals surface area contributed by atoms with Crippen molar-refractivity contribution in [2.24, 2.45) is 5.41 Å². The van der Waals surface area contributed by atoms with Gasteiger partial charge in [0, 0.05) is 24.9 Å². The standard InChI is InChI=1S/C22H32N2O3S.C2H4O2/c1-12(2)15-9-14(10-16(13(3)4)18(15)25)17-11-28-20(23-17)19(22(5,6)7)24(8)21(26)27;1-2(3)4/h9-13,19,25H,1-8H3,(H,26,27);1H3,(H,3,4). The van der Waals surface area contributed by atoms with Crippen molar-refractivity contribution in [3.8, 4) is 17.0 Å². The van der Waals surface area contributed by atoms with E-state index in [9.17, 15) is 15.0 Å². The summed E-state index contributed by atoms with van der Waals surface area (Å²) in [5, 5.41) is 30.3. The van der Waals surface area contributed by atoms with E-state index in [2.05, 4.69) is 27.7 Å². The lowest BCUT2D eigenvalue weighted by Gasteiger charge is -2.34. The number of amides is 1. The molecular weight excluding hydrogens is 428 g/mol. The molecule has 1 heterocycles. The molecule has 1 atom stereocenters. The van der Waals surface area contributed by atoms with Crippen molar-refractivity contribution >= 4 is 23.4 Å². The molecule has 1 amide bonds. The van der Waals surface area contributed by atoms with Crippen LogP contribution in [-0.2, 0) is 4.79 Å². The second kappa shape index (κ2) is 10.8. The number of aromatic nitrogens is 1. The summed E-state index contributed by atoms with van der Waals surface area (Å²) < 4.78 is 0. The zero-order valence-corrected chi connectivity index (χ0v) is 21.2. The van der Waals surface area contributed by atoms with Crippen LogP contribution in [-0.4, -0.2) is 44.3 Å². The molecule has 2 rings (SSSR count). The van der Waals surface area contributed by atoms with Gasteiger partial charge in [0.15, 0.2) is 0 Å². The van der Waals surface area contributed by atoms with E-state index < -0.39 is 12.1 Å². The molecule has 7 nitrogen and oxygen atoms in total. The average molecular weight is 465 g/mol. The minimum atomic E-state index is -0.967. The highest BCUT2D eigenvalue weighted by molar-refractivity contribution is 7.10. The average Bonchev–Trinajstić information content (AvgIpc) is 3.08. The molecule has 2 aromatic rings. The van der Waals surface area contributed by atoms with E-state index in [1.807, 2.05) is 38.3 Å². The molecule has 0 spiro atoms. The third-order valence-corrected chi connectivity index (χ3v) is 5.87. The van der Waals surface area contributed by atoms with Gasteiger partial charge in [0.25, 0.3) is 5.97 Å². The Labute approximate surface area is 194 Å². The van der Waals surface area contributed by atoms with Crippen molar-refractivity contribution in [2.45, 2.75) is 73.3 Å². The van der Waals surface area contributed by atoms with E-state index in [1.54, 1.807) is 7.05 Å². The minimum Gasteiger partial charge on any atom is -0.507 e. The molecule has 32 heavy (non-hydrogen) atoms. The molecule has 3 N–H and O–H groups in total. The highest BCUT2D eigenvalue weighted by atomic mass is 32.1. The summed E-state index contributed by atoms with van der Waals surface area (Å²) in [6.07, 6.45) is -0.967. The lowest BCUT2D eigenvalue weighted by molar-refractivity contribution is -0.134. The Morgan fingerprint density at radius 1 is 1.03 bits per heavy atom. The minimum absolute atomic E-state index is 0.191.